The van der Waals surface area contributed by atoms with E-state index in [0.717, 1.165) is 6.07 Å². The van der Waals surface area contributed by atoms with E-state index in [2.05, 4.69) is 0 Å². The number of hydrogen-bond donors (Lipinski definition) is 1. The van der Waals surface area contributed by atoms with Gasteiger partial charge in [0.15, 0.2) is 0 Å². The zero-order chi connectivity index (χ0) is 13.9. The summed E-state index contributed by atoms with van der Waals surface area (Å²) in [5.74, 6) is -2.42. The summed E-state index contributed by atoms with van der Waals surface area (Å²) >= 11 is 0. The Hall–Kier alpha value is -1.63. The topological polar surface area (TPSA) is 74.7 Å². The Morgan fingerprint density at radius 3 is 2.44 bits per heavy atom. The minimum Gasteiger partial charge on any atom is -0.480 e. The van der Waals surface area contributed by atoms with Crippen LogP contribution in [0.15, 0.2) is 24.3 Å². The molecule has 0 saturated carbocycles. The molecule has 0 aliphatic carbocycles. The molecule has 1 aromatic rings. The predicted octanol–water partition coefficient (Wildman–Crippen LogP) is 1.45. The molecule has 0 aliphatic heterocycles. The molecule has 0 aromatic heterocycles. The lowest BCUT2D eigenvalue weighted by Gasteiger charge is -2.27. The summed E-state index contributed by atoms with van der Waals surface area (Å²) in [4.78, 5) is 11.0. The van der Waals surface area contributed by atoms with Crippen molar-refractivity contribution in [1.29, 1.82) is 0 Å². The zero-order valence-electron chi connectivity index (χ0n) is 10.00. The number of nitrogens with zero attached hydrogens (tertiary/aromatic N) is 1. The van der Waals surface area contributed by atoms with Crippen LogP contribution in [0.1, 0.15) is 13.8 Å². The smallest absolute Gasteiger partial charge is 0.327 e. The van der Waals surface area contributed by atoms with Crippen molar-refractivity contribution in [1.82, 2.24) is 0 Å². The first-order valence-electron chi connectivity index (χ1n) is 5.30. The molecule has 1 aromatic carbocycles. The molecule has 1 rings (SSSR count). The molecule has 0 fully saturated rings. The lowest BCUT2D eigenvalue weighted by atomic mass is 10.2. The number of halogens is 1. The lowest BCUT2D eigenvalue weighted by molar-refractivity contribution is -0.137. The van der Waals surface area contributed by atoms with Crippen molar-refractivity contribution in [2.24, 2.45) is 0 Å². The molecule has 0 aliphatic rings. The predicted molar refractivity (Wildman–Crippen MR) is 65.4 cm³/mol. The third kappa shape index (κ3) is 2.79. The Labute approximate surface area is 105 Å². The van der Waals surface area contributed by atoms with Gasteiger partial charge in [-0.3, -0.25) is 4.31 Å². The lowest BCUT2D eigenvalue weighted by Crippen LogP contribution is -2.44. The van der Waals surface area contributed by atoms with Gasteiger partial charge in [0.25, 0.3) is 0 Å². The van der Waals surface area contributed by atoms with E-state index < -0.39 is 27.9 Å². The first kappa shape index (κ1) is 14.4. The van der Waals surface area contributed by atoms with Gasteiger partial charge in [-0.15, -0.1) is 0 Å². The van der Waals surface area contributed by atoms with Crippen molar-refractivity contribution in [3.63, 3.8) is 0 Å². The number of hydrogen-bond acceptors (Lipinski definition) is 3. The Kier molecular flexibility index (Phi) is 4.28. The first-order valence-corrected chi connectivity index (χ1v) is 6.91. The molecule has 0 heterocycles. The normalized spacial score (nSPS) is 13.1. The summed E-state index contributed by atoms with van der Waals surface area (Å²) in [5, 5.41) is 8.93. The summed E-state index contributed by atoms with van der Waals surface area (Å²) in [5.41, 5.74) is -0.255. The van der Waals surface area contributed by atoms with Crippen LogP contribution in [0.2, 0.25) is 0 Å². The van der Waals surface area contributed by atoms with Crippen LogP contribution >= 0.6 is 0 Å². The van der Waals surface area contributed by atoms with E-state index in [1.54, 1.807) is 0 Å². The highest BCUT2D eigenvalue weighted by molar-refractivity contribution is 7.92. The van der Waals surface area contributed by atoms with E-state index in [1.165, 1.54) is 32.0 Å². The fourth-order valence-electron chi connectivity index (χ4n) is 1.47. The zero-order valence-corrected chi connectivity index (χ0v) is 10.8. The minimum absolute atomic E-state index is 0.255. The fraction of sp³-hybridized carbons (Fsp3) is 0.364. The highest BCUT2D eigenvalue weighted by Crippen LogP contribution is 2.24. The van der Waals surface area contributed by atoms with Gasteiger partial charge in [0.05, 0.1) is 11.4 Å². The molecule has 1 atom stereocenters. The van der Waals surface area contributed by atoms with E-state index in [9.17, 15) is 17.6 Å². The first-order chi connectivity index (χ1) is 8.31. The van der Waals surface area contributed by atoms with Crippen LogP contribution in [-0.2, 0) is 14.8 Å². The number of carboxylic acid groups (broad SMARTS) is 1. The van der Waals surface area contributed by atoms with Gasteiger partial charge in [0.1, 0.15) is 11.9 Å². The molecule has 18 heavy (non-hydrogen) atoms. The second-order valence-corrected chi connectivity index (χ2v) is 5.80. The standard InChI is InChI=1S/C11H14FNO4S/c1-3-18(16,17)13(8(2)11(14)15)10-7-5-4-6-9(10)12/h4-8H,3H2,1-2H3,(H,14,15). The molecule has 0 bridgehead atoms. The Bertz CT molecular complexity index is 544. The molecule has 1 unspecified atom stereocenters. The molecule has 0 spiro atoms. The molecule has 5 nitrogen and oxygen atoms in total. The second-order valence-electron chi connectivity index (χ2n) is 3.66. The number of para-hydroxylation sites is 1. The van der Waals surface area contributed by atoms with Crippen LogP contribution in [0.5, 0.6) is 0 Å². The van der Waals surface area contributed by atoms with E-state index in [4.69, 9.17) is 5.11 Å². The Morgan fingerprint density at radius 2 is 2.00 bits per heavy atom. The Morgan fingerprint density at radius 1 is 1.44 bits per heavy atom. The van der Waals surface area contributed by atoms with Crippen molar-refractivity contribution in [3.8, 4) is 0 Å². The summed E-state index contributed by atoms with van der Waals surface area (Å²) < 4.78 is 38.0. The number of sulfonamides is 1. The van der Waals surface area contributed by atoms with Gasteiger partial charge >= 0.3 is 5.97 Å². The van der Waals surface area contributed by atoms with Gasteiger partial charge in [0, 0.05) is 0 Å². The monoisotopic (exact) mass is 275 g/mol. The van der Waals surface area contributed by atoms with Crippen molar-refractivity contribution in [2.45, 2.75) is 19.9 Å². The van der Waals surface area contributed by atoms with Gasteiger partial charge in [-0.05, 0) is 26.0 Å². The van der Waals surface area contributed by atoms with Crippen LogP contribution < -0.4 is 4.31 Å². The highest BCUT2D eigenvalue weighted by Gasteiger charge is 2.32. The number of benzene rings is 1. The quantitative estimate of drug-likeness (QED) is 0.882. The maximum Gasteiger partial charge on any atom is 0.327 e. The van der Waals surface area contributed by atoms with E-state index in [-0.39, 0.29) is 11.4 Å². The van der Waals surface area contributed by atoms with Gasteiger partial charge in [-0.1, -0.05) is 12.1 Å². The van der Waals surface area contributed by atoms with Gasteiger partial charge < -0.3 is 5.11 Å². The third-order valence-electron chi connectivity index (χ3n) is 2.46. The Balaban J connectivity index is 3.40. The maximum atomic E-state index is 13.6. The average molecular weight is 275 g/mol. The van der Waals surface area contributed by atoms with Crippen LogP contribution in [0.3, 0.4) is 0 Å². The largest absolute Gasteiger partial charge is 0.480 e. The van der Waals surface area contributed by atoms with Crippen LogP contribution in [0.4, 0.5) is 10.1 Å². The molecule has 0 amide bonds. The molecule has 100 valence electrons. The third-order valence-corrected chi connectivity index (χ3v) is 4.31. The fourth-order valence-corrected chi connectivity index (χ4v) is 2.77. The summed E-state index contributed by atoms with van der Waals surface area (Å²) in [6, 6.07) is 3.81. The molecule has 7 heteroatoms. The number of anilines is 1. The van der Waals surface area contributed by atoms with E-state index >= 15 is 0 Å². The second kappa shape index (κ2) is 5.34. The number of carbonyl (C=O) groups is 1. The SMILES string of the molecule is CCS(=O)(=O)N(c1ccccc1F)C(C)C(=O)O. The molecule has 0 radical (unpaired) electrons. The van der Waals surface area contributed by atoms with E-state index in [1.807, 2.05) is 0 Å². The van der Waals surface area contributed by atoms with Crippen molar-refractivity contribution in [3.05, 3.63) is 30.1 Å². The number of aliphatic carboxylic acids is 1. The van der Waals surface area contributed by atoms with Crippen LogP contribution in [-0.4, -0.2) is 31.3 Å². The molecular formula is C11H14FNO4S. The molecule has 0 saturated heterocycles. The maximum absolute atomic E-state index is 13.6. The van der Waals surface area contributed by atoms with Gasteiger partial charge in [-0.2, -0.15) is 0 Å². The molecule has 1 N–H and O–H groups in total. The van der Waals surface area contributed by atoms with Crippen LogP contribution in [0.25, 0.3) is 0 Å². The van der Waals surface area contributed by atoms with E-state index in [0.29, 0.717) is 4.31 Å². The number of rotatable bonds is 5. The average Bonchev–Trinajstić information content (AvgIpc) is 2.31. The van der Waals surface area contributed by atoms with Crippen molar-refractivity contribution < 1.29 is 22.7 Å². The minimum atomic E-state index is -3.87. The van der Waals surface area contributed by atoms with Crippen molar-refractivity contribution in [2.75, 3.05) is 10.1 Å². The van der Waals surface area contributed by atoms with Gasteiger partial charge in [0.2, 0.25) is 10.0 Å². The summed E-state index contributed by atoms with van der Waals surface area (Å²) in [7, 11) is -3.87. The molecular weight excluding hydrogens is 261 g/mol. The van der Waals surface area contributed by atoms with Crippen LogP contribution in [0, 0.1) is 5.82 Å². The summed E-state index contributed by atoms with van der Waals surface area (Å²) in [6.45, 7) is 2.57. The number of carboxylic acids is 1. The highest BCUT2D eigenvalue weighted by atomic mass is 32.2. The van der Waals surface area contributed by atoms with Crippen molar-refractivity contribution >= 4 is 21.7 Å². The van der Waals surface area contributed by atoms with Gasteiger partial charge in [-0.25, -0.2) is 17.6 Å². The summed E-state index contributed by atoms with van der Waals surface area (Å²) in [6.07, 6.45) is 0.